The van der Waals surface area contributed by atoms with Crippen LogP contribution in [0.3, 0.4) is 0 Å². The minimum Gasteiger partial charge on any atom is -0.340 e. The zero-order valence-corrected chi connectivity index (χ0v) is 9.77. The first kappa shape index (κ1) is 9.06. The summed E-state index contributed by atoms with van der Waals surface area (Å²) in [5.41, 5.74) is 6.93. The summed E-state index contributed by atoms with van der Waals surface area (Å²) in [6, 6.07) is 17.6. The zero-order valence-electron chi connectivity index (χ0n) is 9.77. The van der Waals surface area contributed by atoms with Crippen LogP contribution >= 0.6 is 0 Å². The number of hydrogen-bond donors (Lipinski definition) is 0. The topological polar surface area (TPSA) is 4.93 Å². The van der Waals surface area contributed by atoms with E-state index in [4.69, 9.17) is 0 Å². The van der Waals surface area contributed by atoms with Gasteiger partial charge in [0.05, 0.1) is 5.52 Å². The van der Waals surface area contributed by atoms with E-state index in [2.05, 4.69) is 60.0 Å². The second kappa shape index (κ2) is 3.01. The Kier molecular flexibility index (Phi) is 1.60. The number of para-hydroxylation sites is 1. The molecule has 0 saturated heterocycles. The molecule has 1 aliphatic rings. The second-order valence-electron chi connectivity index (χ2n) is 4.77. The SMILES string of the molecule is Cc1cc2cccc3c2n1Cc1ccccc1-3. The van der Waals surface area contributed by atoms with E-state index in [1.165, 1.54) is 33.3 Å². The van der Waals surface area contributed by atoms with Crippen molar-refractivity contribution in [1.29, 1.82) is 0 Å². The van der Waals surface area contributed by atoms with Gasteiger partial charge in [0.1, 0.15) is 0 Å². The highest BCUT2D eigenvalue weighted by atomic mass is 15.0. The standard InChI is InChI=1S/C16H13N/c1-11-9-12-6-4-8-15-14-7-3-2-5-13(14)10-17(11)16(12)15/h2-9H,10H2,1H3. The minimum atomic E-state index is 1.00. The Labute approximate surface area is 100 Å². The molecule has 0 fully saturated rings. The fraction of sp³-hybridized carbons (Fsp3) is 0.125. The molecule has 0 bridgehead atoms. The van der Waals surface area contributed by atoms with E-state index in [-0.39, 0.29) is 0 Å². The Morgan fingerprint density at radius 3 is 2.71 bits per heavy atom. The zero-order chi connectivity index (χ0) is 11.4. The number of nitrogens with zero attached hydrogens (tertiary/aromatic N) is 1. The van der Waals surface area contributed by atoms with Crippen LogP contribution in [0.15, 0.2) is 48.5 Å². The van der Waals surface area contributed by atoms with Gasteiger partial charge in [0.25, 0.3) is 0 Å². The number of hydrogen-bond acceptors (Lipinski definition) is 0. The predicted octanol–water partition coefficient (Wildman–Crippen LogP) is 3.98. The Bertz CT molecular complexity index is 734. The van der Waals surface area contributed by atoms with Gasteiger partial charge < -0.3 is 4.57 Å². The first-order valence-electron chi connectivity index (χ1n) is 6.02. The number of benzene rings is 2. The van der Waals surface area contributed by atoms with Gasteiger partial charge in [0, 0.05) is 23.2 Å². The number of fused-ring (bicyclic) bond motifs is 2. The van der Waals surface area contributed by atoms with Crippen LogP contribution in [0.1, 0.15) is 11.3 Å². The molecule has 0 spiro atoms. The lowest BCUT2D eigenvalue weighted by Gasteiger charge is -2.20. The van der Waals surface area contributed by atoms with Crippen molar-refractivity contribution in [2.24, 2.45) is 0 Å². The van der Waals surface area contributed by atoms with Crippen molar-refractivity contribution >= 4 is 10.9 Å². The highest BCUT2D eigenvalue weighted by molar-refractivity contribution is 5.97. The third kappa shape index (κ3) is 1.09. The van der Waals surface area contributed by atoms with E-state index in [0.717, 1.165) is 6.54 Å². The fourth-order valence-electron chi connectivity index (χ4n) is 2.97. The predicted molar refractivity (Wildman–Crippen MR) is 71.2 cm³/mol. The molecular formula is C16H13N. The number of rotatable bonds is 0. The molecule has 1 heteroatoms. The molecule has 1 aliphatic heterocycles. The number of aromatic nitrogens is 1. The van der Waals surface area contributed by atoms with Gasteiger partial charge in [-0.15, -0.1) is 0 Å². The van der Waals surface area contributed by atoms with Crippen LogP contribution in [0.25, 0.3) is 22.0 Å². The van der Waals surface area contributed by atoms with E-state index in [0.29, 0.717) is 0 Å². The van der Waals surface area contributed by atoms with E-state index in [9.17, 15) is 0 Å². The molecule has 0 N–H and O–H groups in total. The summed E-state index contributed by atoms with van der Waals surface area (Å²) in [4.78, 5) is 0. The van der Waals surface area contributed by atoms with Gasteiger partial charge in [-0.25, -0.2) is 0 Å². The third-order valence-corrected chi connectivity index (χ3v) is 3.76. The lowest BCUT2D eigenvalue weighted by atomic mass is 9.95. The molecule has 0 saturated carbocycles. The molecule has 2 aromatic carbocycles. The van der Waals surface area contributed by atoms with Crippen LogP contribution in [-0.2, 0) is 6.54 Å². The van der Waals surface area contributed by atoms with Crippen LogP contribution < -0.4 is 0 Å². The molecule has 82 valence electrons. The van der Waals surface area contributed by atoms with Crippen molar-refractivity contribution in [3.8, 4) is 11.1 Å². The van der Waals surface area contributed by atoms with Crippen molar-refractivity contribution in [2.75, 3.05) is 0 Å². The maximum Gasteiger partial charge on any atom is 0.0565 e. The van der Waals surface area contributed by atoms with Crippen LogP contribution in [0.5, 0.6) is 0 Å². The van der Waals surface area contributed by atoms with Crippen LogP contribution in [0.2, 0.25) is 0 Å². The van der Waals surface area contributed by atoms with Crippen LogP contribution in [0, 0.1) is 6.92 Å². The van der Waals surface area contributed by atoms with E-state index in [1.807, 2.05) is 0 Å². The number of aryl methyl sites for hydroxylation is 1. The van der Waals surface area contributed by atoms with E-state index in [1.54, 1.807) is 0 Å². The van der Waals surface area contributed by atoms with Crippen molar-refractivity contribution in [2.45, 2.75) is 13.5 Å². The van der Waals surface area contributed by atoms with Gasteiger partial charge in [-0.05, 0) is 24.1 Å². The highest BCUT2D eigenvalue weighted by Gasteiger charge is 2.18. The van der Waals surface area contributed by atoms with Crippen molar-refractivity contribution in [1.82, 2.24) is 4.57 Å². The van der Waals surface area contributed by atoms with Crippen LogP contribution in [-0.4, -0.2) is 4.57 Å². The molecule has 0 unspecified atom stereocenters. The Morgan fingerprint density at radius 2 is 1.76 bits per heavy atom. The normalized spacial score (nSPS) is 12.8. The molecule has 0 aliphatic carbocycles. The molecule has 0 radical (unpaired) electrons. The van der Waals surface area contributed by atoms with E-state index < -0.39 is 0 Å². The molecule has 17 heavy (non-hydrogen) atoms. The third-order valence-electron chi connectivity index (χ3n) is 3.76. The summed E-state index contributed by atoms with van der Waals surface area (Å²) in [6.45, 7) is 3.19. The summed E-state index contributed by atoms with van der Waals surface area (Å²) in [6.07, 6.45) is 0. The molecule has 2 heterocycles. The van der Waals surface area contributed by atoms with Crippen molar-refractivity contribution in [3.05, 3.63) is 59.8 Å². The molecule has 0 amide bonds. The molecule has 1 nitrogen and oxygen atoms in total. The average Bonchev–Trinajstić information content (AvgIpc) is 2.68. The first-order valence-corrected chi connectivity index (χ1v) is 6.02. The van der Waals surface area contributed by atoms with Crippen LogP contribution in [0.4, 0.5) is 0 Å². The summed E-state index contributed by atoms with van der Waals surface area (Å²) >= 11 is 0. The van der Waals surface area contributed by atoms with E-state index >= 15 is 0 Å². The summed E-state index contributed by atoms with van der Waals surface area (Å²) in [5, 5.41) is 1.36. The quantitative estimate of drug-likeness (QED) is 0.421. The minimum absolute atomic E-state index is 1.00. The van der Waals surface area contributed by atoms with Gasteiger partial charge in [-0.1, -0.05) is 42.5 Å². The smallest absolute Gasteiger partial charge is 0.0565 e. The summed E-state index contributed by atoms with van der Waals surface area (Å²) in [5.74, 6) is 0. The Hall–Kier alpha value is -2.02. The summed E-state index contributed by atoms with van der Waals surface area (Å²) in [7, 11) is 0. The lowest BCUT2D eigenvalue weighted by Crippen LogP contribution is -2.08. The molecule has 3 aromatic rings. The molecule has 0 atom stereocenters. The summed E-state index contributed by atoms with van der Waals surface area (Å²) < 4.78 is 2.42. The van der Waals surface area contributed by atoms with Gasteiger partial charge in [0.2, 0.25) is 0 Å². The second-order valence-corrected chi connectivity index (χ2v) is 4.77. The monoisotopic (exact) mass is 219 g/mol. The molecular weight excluding hydrogens is 206 g/mol. The van der Waals surface area contributed by atoms with Gasteiger partial charge in [0.15, 0.2) is 0 Å². The lowest BCUT2D eigenvalue weighted by molar-refractivity contribution is 0.798. The van der Waals surface area contributed by atoms with Crippen molar-refractivity contribution < 1.29 is 0 Å². The fourth-order valence-corrected chi connectivity index (χ4v) is 2.97. The highest BCUT2D eigenvalue weighted by Crippen LogP contribution is 2.37. The average molecular weight is 219 g/mol. The largest absolute Gasteiger partial charge is 0.340 e. The molecule has 4 rings (SSSR count). The van der Waals surface area contributed by atoms with Gasteiger partial charge in [-0.3, -0.25) is 0 Å². The Balaban J connectivity index is 2.22. The van der Waals surface area contributed by atoms with Crippen molar-refractivity contribution in [3.63, 3.8) is 0 Å². The van der Waals surface area contributed by atoms with Gasteiger partial charge in [-0.2, -0.15) is 0 Å². The maximum atomic E-state index is 2.42. The van der Waals surface area contributed by atoms with Gasteiger partial charge >= 0.3 is 0 Å². The Morgan fingerprint density at radius 1 is 0.941 bits per heavy atom. The maximum absolute atomic E-state index is 2.42. The molecule has 1 aromatic heterocycles. The first-order chi connectivity index (χ1) is 8.34.